The van der Waals surface area contributed by atoms with Crippen LogP contribution in [0.15, 0.2) is 0 Å². The van der Waals surface area contributed by atoms with Crippen molar-refractivity contribution in [3.63, 3.8) is 0 Å². The third kappa shape index (κ3) is 9.71. The maximum atomic E-state index is 12.1. The molecule has 0 aliphatic carbocycles. The Bertz CT molecular complexity index is 1810. The minimum Gasteiger partial charge on any atom is -0.394 e. The molecule has 0 amide bonds. The normalized spacial score (nSPS) is 54.9. The van der Waals surface area contributed by atoms with E-state index in [0.717, 1.165) is 0 Å². The van der Waals surface area contributed by atoms with Crippen molar-refractivity contribution in [1.29, 1.82) is 0 Å². The number of hydrogen-bond acceptors (Lipinski definition) is 30. The number of ether oxygens (including phenoxy) is 14. The third-order valence-corrected chi connectivity index (χ3v) is 13.8. The molecule has 9 heterocycles. The Morgan fingerprint density at radius 2 is 0.765 bits per heavy atom. The van der Waals surface area contributed by atoms with Crippen LogP contribution in [0.2, 0.25) is 0 Å². The highest BCUT2D eigenvalue weighted by Crippen LogP contribution is 2.41. The number of aliphatic hydroxyl groups is 13. The van der Waals surface area contributed by atoms with Crippen LogP contribution >= 0.6 is 0 Å². The minimum atomic E-state index is -5.40. The van der Waals surface area contributed by atoms with Crippen molar-refractivity contribution in [2.24, 2.45) is 0 Å². The predicted octanol–water partition coefficient (Wildman–Crippen LogP) is -11.1. The molecule has 9 rings (SSSR count). The van der Waals surface area contributed by atoms with Gasteiger partial charge in [-0.05, 0) is 0 Å². The zero-order valence-corrected chi connectivity index (χ0v) is 36.0. The van der Waals surface area contributed by atoms with Crippen molar-refractivity contribution in [3.05, 3.63) is 0 Å². The maximum Gasteiger partial charge on any atom is 0.397 e. The largest absolute Gasteiger partial charge is 0.397 e. The van der Waals surface area contributed by atoms with Crippen molar-refractivity contribution in [2.45, 2.75) is 184 Å². The molecule has 1 unspecified atom stereocenters. The quantitative estimate of drug-likeness (QED) is 0.0677. The molecule has 68 heavy (non-hydrogen) atoms. The number of fused-ring (bicyclic) bond motifs is 6. The van der Waals surface area contributed by atoms with E-state index in [-0.39, 0.29) is 19.8 Å². The second kappa shape index (κ2) is 20.6. The van der Waals surface area contributed by atoms with Crippen molar-refractivity contribution in [1.82, 2.24) is 0 Å². The second-order valence-corrected chi connectivity index (χ2v) is 18.7. The maximum absolute atomic E-state index is 12.1. The molecule has 9 saturated heterocycles. The van der Waals surface area contributed by atoms with Crippen LogP contribution in [0.1, 0.15) is 0 Å². The van der Waals surface area contributed by atoms with Gasteiger partial charge in [-0.25, -0.2) is 4.18 Å². The zero-order chi connectivity index (χ0) is 48.7. The van der Waals surface area contributed by atoms with E-state index in [1.165, 1.54) is 0 Å². The SMILES string of the molecule is O=S(=O)(O)O[C@@H]1[C@H](O[C@@H]2O[C@H]3CO[C@@H]([C@@H]2O)[C@@H]3O[C@@H]2O[C@H](CO)[C@H](O)[C@H](O[C@@H]3O[C@H]4CO[C@@H]([C@@H]3O)[C@@H]4O)[C@H]2O)[C@@H](O)[C@H](O[C@H]2[C@H]3OC[C@@H]2O[C@@H](O[C@H]2[C@@H](O)[C@@H](CO)OC(O)[C@@H]2O)[C@H]3O)O[C@@H]1CO. The molecule has 9 fully saturated rings. The molecule has 0 aromatic carbocycles. The molecule has 0 radical (unpaired) electrons. The highest BCUT2D eigenvalue weighted by molar-refractivity contribution is 7.80. The van der Waals surface area contributed by atoms with Gasteiger partial charge in [0, 0.05) is 0 Å². The molecule has 6 bridgehead atoms. The van der Waals surface area contributed by atoms with Crippen LogP contribution in [-0.2, 0) is 80.9 Å². The van der Waals surface area contributed by atoms with Gasteiger partial charge in [0.2, 0.25) is 0 Å². The van der Waals surface area contributed by atoms with E-state index in [0.29, 0.717) is 0 Å². The van der Waals surface area contributed by atoms with Gasteiger partial charge in [0.1, 0.15) is 146 Å². The minimum absolute atomic E-state index is 0.0724. The highest BCUT2D eigenvalue weighted by Gasteiger charge is 2.61. The first-order chi connectivity index (χ1) is 32.3. The summed E-state index contributed by atoms with van der Waals surface area (Å²) >= 11 is 0. The summed E-state index contributed by atoms with van der Waals surface area (Å²) in [6.07, 6.45) is -48.1. The van der Waals surface area contributed by atoms with Crippen LogP contribution in [-0.4, -0.2) is 303 Å². The number of hydrogen-bond donors (Lipinski definition) is 14. The number of rotatable bonds is 15. The van der Waals surface area contributed by atoms with Crippen molar-refractivity contribution in [2.75, 3.05) is 39.6 Å². The summed E-state index contributed by atoms with van der Waals surface area (Å²) < 4.78 is 118. The Morgan fingerprint density at radius 1 is 0.382 bits per heavy atom. The first-order valence-electron chi connectivity index (χ1n) is 21.7. The van der Waals surface area contributed by atoms with Crippen molar-refractivity contribution >= 4 is 10.4 Å². The van der Waals surface area contributed by atoms with Gasteiger partial charge < -0.3 is 133 Å². The average molecular weight is 1020 g/mol. The lowest BCUT2D eigenvalue weighted by atomic mass is 9.96. The van der Waals surface area contributed by atoms with Crippen LogP contribution in [0.4, 0.5) is 0 Å². The monoisotopic (exact) mass is 1020 g/mol. The van der Waals surface area contributed by atoms with Gasteiger partial charge in [0.05, 0.1) is 39.6 Å². The molecule has 0 aromatic heterocycles. The summed E-state index contributed by atoms with van der Waals surface area (Å²) in [6, 6.07) is 0. The molecule has 9 aliphatic rings. The fourth-order valence-corrected chi connectivity index (χ4v) is 10.4. The average Bonchev–Trinajstić information content (AvgIpc) is 3.89. The molecular weight excluding hydrogens is 960 g/mol. The number of aliphatic hydroxyl groups excluding tert-OH is 13. The lowest BCUT2D eigenvalue weighted by molar-refractivity contribution is -0.379. The van der Waals surface area contributed by atoms with E-state index in [4.69, 9.17) is 70.5 Å². The Balaban J connectivity index is 0.873. The van der Waals surface area contributed by atoms with Crippen molar-refractivity contribution in [3.8, 4) is 0 Å². The Labute approximate surface area is 383 Å². The zero-order valence-electron chi connectivity index (χ0n) is 35.2. The predicted molar refractivity (Wildman–Crippen MR) is 200 cm³/mol. The molecule has 0 spiro atoms. The second-order valence-electron chi connectivity index (χ2n) is 17.6. The lowest BCUT2D eigenvalue weighted by Crippen LogP contribution is -2.67. The van der Waals surface area contributed by atoms with E-state index in [1.807, 2.05) is 0 Å². The van der Waals surface area contributed by atoms with Gasteiger partial charge in [-0.1, -0.05) is 0 Å². The highest BCUT2D eigenvalue weighted by atomic mass is 32.3. The summed E-state index contributed by atoms with van der Waals surface area (Å²) in [5.41, 5.74) is 0. The summed E-state index contributed by atoms with van der Waals surface area (Å²) in [7, 11) is -5.40. The van der Waals surface area contributed by atoms with Crippen molar-refractivity contribution < 1.29 is 150 Å². The van der Waals surface area contributed by atoms with Gasteiger partial charge in [0.25, 0.3) is 0 Å². The Hall–Kier alpha value is -1.21. The topological polar surface area (TPSA) is 456 Å². The van der Waals surface area contributed by atoms with Crippen LogP contribution in [0.5, 0.6) is 0 Å². The fraction of sp³-hybridized carbons (Fsp3) is 1.00. The summed E-state index contributed by atoms with van der Waals surface area (Å²) in [6.45, 7) is -3.32. The van der Waals surface area contributed by atoms with Gasteiger partial charge in [-0.15, -0.1) is 0 Å². The van der Waals surface area contributed by atoms with Crippen LogP contribution < -0.4 is 0 Å². The standard InChI is InChI=1S/C36H56O31S/c37-1-7-13(40)26(16(43)31(49)56-7)64-34-19(46)28-23(11(60-34)5-54-28)63-36-21(48)30(24(9(3-39)58-36)67-68(50,51)52)66-35-20(47)29-22(12(61-35)6-55-29)62-33-18(45)27(14(41)8(2-38)57-33)65-32-17(44)25-15(42)10(59-32)4-53-25/h7-49H,1-6H2,(H,50,51,52)/t7-,8-,9-,10+,11+,12+,13+,14+,15-,16-,17+,18-,19+,20+,21-,22-,23-,24+,25-,26+,27+,28+,29+,30-,31?,32+,33+,34+,35+,36+/m1/s1. The summed E-state index contributed by atoms with van der Waals surface area (Å²) in [5, 5.41) is 139. The van der Waals surface area contributed by atoms with Gasteiger partial charge in [-0.2, -0.15) is 8.42 Å². The summed E-state index contributed by atoms with van der Waals surface area (Å²) in [5.74, 6) is 0. The molecule has 32 heteroatoms. The Morgan fingerprint density at radius 3 is 1.28 bits per heavy atom. The fourth-order valence-electron chi connectivity index (χ4n) is 9.85. The first kappa shape index (κ1) is 51.7. The molecule has 14 N–H and O–H groups in total. The molecule has 30 atom stereocenters. The van der Waals surface area contributed by atoms with E-state index in [2.05, 4.69) is 0 Å². The molecule has 0 saturated carbocycles. The molecule has 31 nitrogen and oxygen atoms in total. The molecule has 9 aliphatic heterocycles. The Kier molecular flexibility index (Phi) is 15.7. The van der Waals surface area contributed by atoms with Gasteiger partial charge >= 0.3 is 10.4 Å². The van der Waals surface area contributed by atoms with E-state index < -0.39 is 214 Å². The van der Waals surface area contributed by atoms with E-state index in [1.54, 1.807) is 0 Å². The van der Waals surface area contributed by atoms with Gasteiger partial charge in [-0.3, -0.25) is 4.55 Å². The van der Waals surface area contributed by atoms with Gasteiger partial charge in [0.15, 0.2) is 37.7 Å². The van der Waals surface area contributed by atoms with Crippen LogP contribution in [0, 0.1) is 0 Å². The molecule has 392 valence electrons. The van der Waals surface area contributed by atoms with Crippen LogP contribution in [0.25, 0.3) is 0 Å². The third-order valence-electron chi connectivity index (χ3n) is 13.4. The van der Waals surface area contributed by atoms with E-state index >= 15 is 0 Å². The lowest BCUT2D eigenvalue weighted by Gasteiger charge is -2.48. The molecular formula is C36H56O31S. The van der Waals surface area contributed by atoms with E-state index in [9.17, 15) is 79.4 Å². The summed E-state index contributed by atoms with van der Waals surface area (Å²) in [4.78, 5) is 0. The molecule has 0 aromatic rings. The first-order valence-corrected chi connectivity index (χ1v) is 23.0. The van der Waals surface area contributed by atoms with Crippen LogP contribution in [0.3, 0.4) is 0 Å². The smallest absolute Gasteiger partial charge is 0.394 e.